The van der Waals surface area contributed by atoms with Gasteiger partial charge in [-0.25, -0.2) is 0 Å². The molecule has 1 fully saturated rings. The lowest BCUT2D eigenvalue weighted by molar-refractivity contribution is -0.125. The Morgan fingerprint density at radius 3 is 2.38 bits per heavy atom. The summed E-state index contributed by atoms with van der Waals surface area (Å²) in [5, 5.41) is 2.58. The molecule has 0 bridgehead atoms. The van der Waals surface area contributed by atoms with Gasteiger partial charge >= 0.3 is 0 Å². The van der Waals surface area contributed by atoms with Gasteiger partial charge in [-0.1, -0.05) is 74.0 Å². The average molecular weight is 409 g/mol. The highest BCUT2D eigenvalue weighted by Gasteiger charge is 2.34. The summed E-state index contributed by atoms with van der Waals surface area (Å²) in [7, 11) is 0. The van der Waals surface area contributed by atoms with Gasteiger partial charge in [0.1, 0.15) is 0 Å². The molecule has 150 valence electrons. The van der Waals surface area contributed by atoms with Crippen LogP contribution < -0.4 is 5.32 Å². The van der Waals surface area contributed by atoms with Crippen LogP contribution in [0.25, 0.3) is 6.08 Å². The van der Waals surface area contributed by atoms with Crippen LogP contribution in [-0.2, 0) is 9.59 Å². The van der Waals surface area contributed by atoms with Gasteiger partial charge in [-0.3, -0.25) is 19.3 Å². The summed E-state index contributed by atoms with van der Waals surface area (Å²) in [6.45, 7) is 2.45. The third-order valence-electron chi connectivity index (χ3n) is 4.70. The van der Waals surface area contributed by atoms with E-state index < -0.39 is 0 Å². The van der Waals surface area contributed by atoms with Crippen molar-refractivity contribution < 1.29 is 14.4 Å². The van der Waals surface area contributed by atoms with Gasteiger partial charge in [0.05, 0.1) is 10.8 Å². The Labute approximate surface area is 175 Å². The van der Waals surface area contributed by atoms with Crippen LogP contribution in [0.3, 0.4) is 0 Å². The van der Waals surface area contributed by atoms with Crippen molar-refractivity contribution >= 4 is 34.9 Å². The molecule has 1 aliphatic heterocycles. The van der Waals surface area contributed by atoms with E-state index in [1.165, 1.54) is 4.90 Å². The molecule has 0 spiro atoms. The number of nitrogens with zero attached hydrogens (tertiary/aromatic N) is 1. The third-order valence-corrected chi connectivity index (χ3v) is 5.61. The number of hydrogen-bond acceptors (Lipinski definition) is 4. The summed E-state index contributed by atoms with van der Waals surface area (Å²) in [5.41, 5.74) is 1.85. The second-order valence-corrected chi connectivity index (χ2v) is 7.78. The zero-order valence-corrected chi connectivity index (χ0v) is 17.2. The molecule has 0 saturated carbocycles. The monoisotopic (exact) mass is 408 g/mol. The number of rotatable bonds is 8. The van der Waals surface area contributed by atoms with Crippen molar-refractivity contribution in [2.75, 3.05) is 13.1 Å². The summed E-state index contributed by atoms with van der Waals surface area (Å²) < 4.78 is 0. The molecule has 29 heavy (non-hydrogen) atoms. The van der Waals surface area contributed by atoms with E-state index in [1.807, 2.05) is 67.6 Å². The number of nitrogens with one attached hydrogen (secondary N) is 1. The average Bonchev–Trinajstić information content (AvgIpc) is 3.00. The van der Waals surface area contributed by atoms with Crippen LogP contribution in [0.15, 0.2) is 65.6 Å². The van der Waals surface area contributed by atoms with Crippen molar-refractivity contribution in [3.63, 3.8) is 0 Å². The maximum Gasteiger partial charge on any atom is 0.293 e. The first-order valence-corrected chi connectivity index (χ1v) is 10.5. The number of thioether (sulfide) groups is 1. The fraction of sp³-hybridized carbons (Fsp3) is 0.261. The maximum atomic E-state index is 12.7. The quantitative estimate of drug-likeness (QED) is 0.657. The predicted molar refractivity (Wildman–Crippen MR) is 116 cm³/mol. The highest BCUT2D eigenvalue weighted by molar-refractivity contribution is 8.18. The largest absolute Gasteiger partial charge is 0.354 e. The van der Waals surface area contributed by atoms with Gasteiger partial charge in [-0.15, -0.1) is 0 Å². The van der Waals surface area contributed by atoms with Crippen molar-refractivity contribution in [1.29, 1.82) is 0 Å². The maximum absolute atomic E-state index is 12.7. The first-order valence-electron chi connectivity index (χ1n) is 9.73. The second kappa shape index (κ2) is 10.1. The molecule has 3 amide bonds. The molecule has 6 heteroatoms. The topological polar surface area (TPSA) is 66.5 Å². The summed E-state index contributed by atoms with van der Waals surface area (Å²) in [4.78, 5) is 39.0. The van der Waals surface area contributed by atoms with Gasteiger partial charge in [0.25, 0.3) is 11.1 Å². The van der Waals surface area contributed by atoms with E-state index in [2.05, 4.69) is 5.32 Å². The molecule has 1 saturated heterocycles. The second-order valence-electron chi connectivity index (χ2n) is 6.79. The van der Waals surface area contributed by atoms with Crippen molar-refractivity contribution in [2.24, 2.45) is 0 Å². The zero-order valence-electron chi connectivity index (χ0n) is 16.3. The van der Waals surface area contributed by atoms with E-state index in [4.69, 9.17) is 0 Å². The lowest BCUT2D eigenvalue weighted by atomic mass is 9.94. The van der Waals surface area contributed by atoms with Gasteiger partial charge in [0.2, 0.25) is 5.91 Å². The molecule has 2 aromatic carbocycles. The number of carbonyl (C=O) groups is 3. The Morgan fingerprint density at radius 2 is 1.72 bits per heavy atom. The first-order chi connectivity index (χ1) is 14.1. The molecule has 3 rings (SSSR count). The number of hydrogen-bond donors (Lipinski definition) is 1. The molecule has 5 nitrogen and oxygen atoms in total. The predicted octanol–water partition coefficient (Wildman–Crippen LogP) is 4.42. The molecule has 1 atom stereocenters. The van der Waals surface area contributed by atoms with E-state index in [1.54, 1.807) is 6.08 Å². The van der Waals surface area contributed by atoms with Crippen LogP contribution in [-0.4, -0.2) is 35.0 Å². The zero-order chi connectivity index (χ0) is 20.6. The van der Waals surface area contributed by atoms with Crippen LogP contribution in [0, 0.1) is 0 Å². The van der Waals surface area contributed by atoms with Crippen LogP contribution in [0.5, 0.6) is 0 Å². The highest BCUT2D eigenvalue weighted by atomic mass is 32.2. The minimum atomic E-state index is -0.314. The van der Waals surface area contributed by atoms with Gasteiger partial charge in [0, 0.05) is 13.1 Å². The highest BCUT2D eigenvalue weighted by Crippen LogP contribution is 2.31. The number of amides is 3. The lowest BCUT2D eigenvalue weighted by Gasteiger charge is -2.18. The smallest absolute Gasteiger partial charge is 0.293 e. The van der Waals surface area contributed by atoms with Crippen molar-refractivity contribution in [3.05, 3.63) is 76.7 Å². The van der Waals surface area contributed by atoms with E-state index in [9.17, 15) is 14.4 Å². The standard InChI is InChI=1S/C23H24N2O3S/c1-2-9-19(18-12-7-4-8-13-18)21(26)24-14-15-25-22(27)20(29-23(25)28)16-17-10-5-3-6-11-17/h3-8,10-13,16,19H,2,9,14-15H2,1H3,(H,24,26)/b20-16-/t19-/m0/s1. The normalized spacial score (nSPS) is 16.3. The van der Waals surface area contributed by atoms with Gasteiger partial charge < -0.3 is 5.32 Å². The SMILES string of the molecule is CCC[C@H](C(=O)NCCN1C(=O)S/C(=C\c2ccccc2)C1=O)c1ccccc1. The van der Waals surface area contributed by atoms with Crippen LogP contribution in [0.1, 0.15) is 36.8 Å². The van der Waals surface area contributed by atoms with E-state index in [0.29, 0.717) is 4.91 Å². The minimum Gasteiger partial charge on any atom is -0.354 e. The number of benzene rings is 2. The van der Waals surface area contributed by atoms with E-state index >= 15 is 0 Å². The number of imide groups is 1. The Bertz CT molecular complexity index is 897. The fourth-order valence-corrected chi connectivity index (χ4v) is 4.10. The summed E-state index contributed by atoms with van der Waals surface area (Å²) in [6, 6.07) is 19.1. The molecule has 0 aromatic heterocycles. The van der Waals surface area contributed by atoms with Gasteiger partial charge in [-0.2, -0.15) is 0 Å². The van der Waals surface area contributed by atoms with Gasteiger partial charge in [-0.05, 0) is 35.4 Å². The summed E-state index contributed by atoms with van der Waals surface area (Å²) >= 11 is 0.933. The molecule has 0 radical (unpaired) electrons. The number of carbonyl (C=O) groups excluding carboxylic acids is 3. The summed E-state index contributed by atoms with van der Waals surface area (Å²) in [6.07, 6.45) is 3.35. The van der Waals surface area contributed by atoms with Crippen LogP contribution in [0.4, 0.5) is 4.79 Å². The molecule has 0 aliphatic carbocycles. The van der Waals surface area contributed by atoms with Crippen molar-refractivity contribution in [3.8, 4) is 0 Å². The Balaban J connectivity index is 1.58. The Kier molecular flexibility index (Phi) is 7.25. The molecule has 2 aromatic rings. The van der Waals surface area contributed by atoms with E-state index in [0.717, 1.165) is 35.7 Å². The molecule has 1 N–H and O–H groups in total. The Hall–Kier alpha value is -2.86. The molecule has 1 heterocycles. The Morgan fingerprint density at radius 1 is 1.07 bits per heavy atom. The first kappa shape index (κ1) is 20.9. The fourth-order valence-electron chi connectivity index (χ4n) is 3.23. The van der Waals surface area contributed by atoms with E-state index in [-0.39, 0.29) is 36.1 Å². The van der Waals surface area contributed by atoms with Gasteiger partial charge in [0.15, 0.2) is 0 Å². The molecule has 0 unspecified atom stereocenters. The van der Waals surface area contributed by atoms with Crippen molar-refractivity contribution in [1.82, 2.24) is 10.2 Å². The molecular formula is C23H24N2O3S. The molecular weight excluding hydrogens is 384 g/mol. The summed E-state index contributed by atoms with van der Waals surface area (Å²) in [5.74, 6) is -0.620. The van der Waals surface area contributed by atoms with Crippen molar-refractivity contribution in [2.45, 2.75) is 25.7 Å². The minimum absolute atomic E-state index is 0.0788. The lowest BCUT2D eigenvalue weighted by Crippen LogP contribution is -2.38. The van der Waals surface area contributed by atoms with Crippen LogP contribution in [0.2, 0.25) is 0 Å². The third kappa shape index (κ3) is 5.35. The van der Waals surface area contributed by atoms with Crippen LogP contribution >= 0.6 is 11.8 Å². The molecule has 1 aliphatic rings.